The van der Waals surface area contributed by atoms with Crippen molar-refractivity contribution in [2.24, 2.45) is 0 Å². The van der Waals surface area contributed by atoms with Gasteiger partial charge in [0.1, 0.15) is 0 Å². The minimum absolute atomic E-state index is 0. The monoisotopic (exact) mass is 1950 g/mol. The van der Waals surface area contributed by atoms with Crippen molar-refractivity contribution in [2.45, 2.75) is 531 Å². The Bertz CT molecular complexity index is 1650. The van der Waals surface area contributed by atoms with E-state index in [0.717, 1.165) is 51.4 Å². The Morgan fingerprint density at radius 1 is 0.188 bits per heavy atom. The van der Waals surface area contributed by atoms with E-state index in [-0.39, 0.29) is 100 Å². The maximum atomic E-state index is 11.3. The molecule has 0 atom stereocenters. The van der Waals surface area contributed by atoms with Crippen LogP contribution in [0.1, 0.15) is 531 Å². The molecule has 0 aromatic carbocycles. The van der Waals surface area contributed by atoms with Gasteiger partial charge in [-0.05, 0) is 103 Å². The van der Waals surface area contributed by atoms with Crippen LogP contribution in [0.15, 0.2) is 48.6 Å². The number of carbonyl (C=O) groups is 4. The Balaban J connectivity index is -0.000000187. The third kappa shape index (κ3) is 140. The van der Waals surface area contributed by atoms with Gasteiger partial charge < -0.3 is 69.5 Å². The smallest absolute Gasteiger partial charge is 0.789 e. The van der Waals surface area contributed by atoms with E-state index in [1.807, 2.05) is 0 Å². The second-order valence-corrected chi connectivity index (χ2v) is 33.7. The summed E-state index contributed by atoms with van der Waals surface area (Å²) in [6.45, 7) is 10.6. The Labute approximate surface area is 795 Å². The maximum Gasteiger partial charge on any atom is 2.00 e. The van der Waals surface area contributed by atoms with Crippen LogP contribution in [0.4, 0.5) is 0 Å². The van der Waals surface area contributed by atoms with Crippen LogP contribution < -0.4 is 0 Å². The average molecular weight is 1950 g/mol. The summed E-state index contributed by atoms with van der Waals surface area (Å²) in [6.07, 6.45) is 117. The number of allylic oxidation sites excluding steroid dienone is 8. The molecule has 0 rings (SSSR count). The van der Waals surface area contributed by atoms with Crippen molar-refractivity contribution in [3.63, 3.8) is 0 Å². The minimum Gasteiger partial charge on any atom is -0.789 e. The van der Waals surface area contributed by atoms with Crippen LogP contribution in [-0.4, -0.2) is 121 Å². The summed E-state index contributed by atoms with van der Waals surface area (Å²) in [4.78, 5) is 45.3. The van der Waals surface area contributed by atoms with E-state index in [1.165, 1.54) is 411 Å². The van der Waals surface area contributed by atoms with Crippen molar-refractivity contribution in [1.29, 1.82) is 0 Å². The van der Waals surface area contributed by atoms with Gasteiger partial charge in [-0.25, -0.2) is 0 Å². The van der Waals surface area contributed by atoms with Gasteiger partial charge in [-0.15, -0.1) is 23.0 Å². The number of hydrogen-bond donors (Lipinski definition) is 0. The van der Waals surface area contributed by atoms with E-state index in [2.05, 4.69) is 76.3 Å². The molecule has 0 N–H and O–H groups in total. The summed E-state index contributed by atoms with van der Waals surface area (Å²) < 4.78 is 19.9. The van der Waals surface area contributed by atoms with Crippen molar-refractivity contribution in [2.75, 3.05) is 49.4 Å². The summed E-state index contributed by atoms with van der Waals surface area (Å²) in [6, 6.07) is 0. The van der Waals surface area contributed by atoms with Gasteiger partial charge in [0.05, 0.1) is 26.4 Å². The second kappa shape index (κ2) is 132. The van der Waals surface area contributed by atoms with Gasteiger partial charge in [-0.2, -0.15) is 13.5 Å². The zero-order chi connectivity index (χ0) is 82.2. The SMILES string of the molecule is C.C.CCCC/C=C/CCCCCCCCCCCCCCCCC(=O)OCC[S-].CCCC/C=C/CCCCCCCCCCCCCCCCC(=O)OCC[S-].CCCC/C=C/CCCCCCCCCCCCCCCCC(=O)OCC[S-].CCCC/C=C/CCCCCCCCCCCCCCCCC(=O)OCC[S-].S.[Sn+2].[Sn+2]. The Hall–Kier alpha value is 0.187. The van der Waals surface area contributed by atoms with Gasteiger partial charge in [0.25, 0.3) is 0 Å². The quantitative estimate of drug-likeness (QED) is 0.0145. The van der Waals surface area contributed by atoms with Gasteiger partial charge in [-0.3, -0.25) is 19.2 Å². The maximum absolute atomic E-state index is 11.3. The third-order valence-electron chi connectivity index (χ3n) is 21.0. The fourth-order valence-electron chi connectivity index (χ4n) is 13.8. The third-order valence-corrected chi connectivity index (χ3v) is 21.6. The van der Waals surface area contributed by atoms with Crippen LogP contribution in [0, 0.1) is 0 Å². The van der Waals surface area contributed by atoms with Crippen LogP contribution in [0.25, 0.3) is 0 Å². The van der Waals surface area contributed by atoms with Crippen LogP contribution in [0.5, 0.6) is 0 Å². The van der Waals surface area contributed by atoms with E-state index in [1.54, 1.807) is 0 Å². The second-order valence-electron chi connectivity index (χ2n) is 32.1. The molecule has 0 unspecified atom stereocenters. The molecule has 0 aromatic rings. The molecule has 8 nitrogen and oxygen atoms in total. The molecule has 0 bridgehead atoms. The zero-order valence-corrected chi connectivity index (χ0v) is 86.4. The first-order valence-electron chi connectivity index (χ1n) is 48.8. The summed E-state index contributed by atoms with van der Waals surface area (Å²) in [7, 11) is 0. The molecule has 0 aromatic heterocycles. The van der Waals surface area contributed by atoms with Crippen molar-refractivity contribution < 1.29 is 38.1 Å². The summed E-state index contributed by atoms with van der Waals surface area (Å²) in [5.41, 5.74) is 0. The number of ether oxygens (including phenoxy) is 4. The van der Waals surface area contributed by atoms with Crippen LogP contribution in [0.2, 0.25) is 0 Å². The molecule has 0 saturated carbocycles. The molecule has 0 amide bonds. The number of esters is 4. The number of unbranched alkanes of at least 4 members (excludes halogenated alkanes) is 64. The standard InChI is InChI=1S/4C25H48O2S.2CH4.H2S.2Sn/c4*1-2-3-4-5-6-7-8-9-10-11-12-13-14-15-16-17-18-19-20-21-22-25(26)27-23-24-28;;;;;/h4*5-6,28H,2-4,7-24H2,1H3;2*1H4;1H2;;/q;;;;;;;2*+2/p-4/b4*6-5+;;;;;. The largest absolute Gasteiger partial charge is 2.00 e. The molecule has 15 heteroatoms. The molecule has 4 radical (unpaired) electrons. The van der Waals surface area contributed by atoms with Gasteiger partial charge in [0.15, 0.2) is 0 Å². The van der Waals surface area contributed by atoms with Crippen molar-refractivity contribution in [3.8, 4) is 0 Å². The van der Waals surface area contributed by atoms with Crippen molar-refractivity contribution in [3.05, 3.63) is 48.6 Å². The van der Waals surface area contributed by atoms with Gasteiger partial charge in [0, 0.05) is 25.7 Å². The predicted molar refractivity (Wildman–Crippen MR) is 538 cm³/mol. The molecular formula is C102H198O8S5Sn2. The van der Waals surface area contributed by atoms with E-state index >= 15 is 0 Å². The zero-order valence-electron chi connectivity index (χ0n) is 76.4. The van der Waals surface area contributed by atoms with Crippen LogP contribution >= 0.6 is 13.5 Å². The fraction of sp³-hybridized carbons (Fsp3) is 0.882. The molecule has 0 fully saturated rings. The van der Waals surface area contributed by atoms with Gasteiger partial charge >= 0.3 is 71.7 Å². The topological polar surface area (TPSA) is 105 Å². The minimum atomic E-state index is -0.0795. The van der Waals surface area contributed by atoms with E-state index in [0.29, 0.717) is 75.1 Å². The first-order valence-corrected chi connectivity index (χ1v) is 51.1. The normalized spacial score (nSPS) is 10.9. The summed E-state index contributed by atoms with van der Waals surface area (Å²) in [5, 5.41) is 0. The van der Waals surface area contributed by atoms with Crippen molar-refractivity contribution in [1.82, 2.24) is 0 Å². The first-order chi connectivity index (χ1) is 55.2. The average Bonchev–Trinajstić information content (AvgIpc) is 1.08. The molecule has 0 aliphatic rings. The fourth-order valence-corrected chi connectivity index (χ4v) is 14.1. The van der Waals surface area contributed by atoms with Gasteiger partial charge in [-0.1, -0.05) is 451 Å². The van der Waals surface area contributed by atoms with Crippen molar-refractivity contribution >= 4 is 136 Å². The molecule has 0 saturated heterocycles. The van der Waals surface area contributed by atoms with E-state index in [4.69, 9.17) is 69.5 Å². The molecule has 0 spiro atoms. The summed E-state index contributed by atoms with van der Waals surface area (Å²) in [5.74, 6) is 1.69. The first kappa shape index (κ1) is 135. The van der Waals surface area contributed by atoms with Gasteiger partial charge in [0.2, 0.25) is 0 Å². The van der Waals surface area contributed by atoms with E-state index in [9.17, 15) is 19.2 Å². The molecule has 0 heterocycles. The number of hydrogen-bond acceptors (Lipinski definition) is 12. The molecule has 0 aliphatic carbocycles. The Morgan fingerprint density at radius 2 is 0.291 bits per heavy atom. The van der Waals surface area contributed by atoms with Crippen LogP contribution in [0.3, 0.4) is 0 Å². The number of carbonyl (C=O) groups excluding carboxylic acids is 4. The number of rotatable bonds is 88. The Kier molecular flexibility index (Phi) is 152. The molecule has 692 valence electrons. The van der Waals surface area contributed by atoms with E-state index < -0.39 is 0 Å². The Morgan fingerprint density at radius 3 is 0.402 bits per heavy atom. The molecule has 0 aliphatic heterocycles. The molecule has 117 heavy (non-hydrogen) atoms. The van der Waals surface area contributed by atoms with Crippen LogP contribution in [-0.2, 0) is 88.6 Å². The summed E-state index contributed by atoms with van der Waals surface area (Å²) >= 11 is 19.0. The predicted octanol–water partition coefficient (Wildman–Crippen LogP) is 32.9. The molecular weight excluding hydrogens is 1750 g/mol.